The summed E-state index contributed by atoms with van der Waals surface area (Å²) in [7, 11) is 0. The first kappa shape index (κ1) is 12.8. The van der Waals surface area contributed by atoms with Gasteiger partial charge < -0.3 is 10.6 Å². The van der Waals surface area contributed by atoms with Gasteiger partial charge in [-0.05, 0) is 34.8 Å². The second-order valence-electron chi connectivity index (χ2n) is 4.02. The van der Waals surface area contributed by atoms with E-state index in [4.69, 9.17) is 11.6 Å². The molecule has 1 aromatic rings. The van der Waals surface area contributed by atoms with Crippen molar-refractivity contribution in [3.05, 3.63) is 21.9 Å². The fourth-order valence-electron chi connectivity index (χ4n) is 1.40. The Kier molecular flexibility index (Phi) is 4.36. The van der Waals surface area contributed by atoms with E-state index in [1.54, 1.807) is 12.3 Å². The van der Waals surface area contributed by atoms with Crippen LogP contribution < -0.4 is 10.6 Å². The molecule has 1 aliphatic carbocycles. The zero-order valence-electron chi connectivity index (χ0n) is 9.17. The fraction of sp³-hybridized carbons (Fsp3) is 0.455. The van der Waals surface area contributed by atoms with Crippen LogP contribution in [0, 0.1) is 0 Å². The number of nitrogens with zero attached hydrogens (tertiary/aromatic N) is 1. The summed E-state index contributed by atoms with van der Waals surface area (Å²) in [5.74, 6) is -0.0556. The number of carbonyl (C=O) groups excluding carboxylic acids is 1. The predicted octanol–water partition coefficient (Wildman–Crippen LogP) is 2.58. The van der Waals surface area contributed by atoms with Crippen molar-refractivity contribution in [1.29, 1.82) is 0 Å². The topological polar surface area (TPSA) is 54.0 Å². The van der Waals surface area contributed by atoms with Crippen molar-refractivity contribution >= 4 is 39.1 Å². The molecule has 92 valence electrons. The molecule has 0 saturated heterocycles. The Labute approximate surface area is 113 Å². The van der Waals surface area contributed by atoms with E-state index >= 15 is 0 Å². The van der Waals surface area contributed by atoms with Crippen LogP contribution in [-0.4, -0.2) is 23.5 Å². The van der Waals surface area contributed by atoms with Crippen LogP contribution in [0.3, 0.4) is 0 Å². The lowest BCUT2D eigenvalue weighted by Crippen LogP contribution is -2.23. The Hall–Kier alpha value is -0.650. The first-order chi connectivity index (χ1) is 8.15. The first-order valence-corrected chi connectivity index (χ1v) is 6.66. The molecule has 2 N–H and O–H groups in total. The fourth-order valence-corrected chi connectivity index (χ4v) is 1.88. The number of halogens is 2. The summed E-state index contributed by atoms with van der Waals surface area (Å²) in [6, 6.07) is 2.36. The Morgan fingerprint density at radius 2 is 2.35 bits per heavy atom. The van der Waals surface area contributed by atoms with Crippen LogP contribution in [0.2, 0.25) is 5.15 Å². The Morgan fingerprint density at radius 3 is 3.06 bits per heavy atom. The summed E-state index contributed by atoms with van der Waals surface area (Å²) >= 11 is 9.15. The molecular weight excluding hydrogens is 305 g/mol. The minimum absolute atomic E-state index is 0.0556. The number of rotatable bonds is 5. The maximum absolute atomic E-state index is 11.6. The highest BCUT2D eigenvalue weighted by Crippen LogP contribution is 2.23. The second kappa shape index (κ2) is 5.80. The van der Waals surface area contributed by atoms with E-state index in [1.807, 2.05) is 0 Å². The van der Waals surface area contributed by atoms with E-state index in [0.29, 0.717) is 29.8 Å². The van der Waals surface area contributed by atoms with Crippen LogP contribution in [0.1, 0.15) is 19.3 Å². The van der Waals surface area contributed by atoms with Crippen LogP contribution in [0.4, 0.5) is 5.69 Å². The number of nitrogens with one attached hydrogen (secondary N) is 2. The van der Waals surface area contributed by atoms with Crippen molar-refractivity contribution in [1.82, 2.24) is 10.3 Å². The number of carbonyl (C=O) groups is 1. The number of pyridine rings is 1. The lowest BCUT2D eigenvalue weighted by molar-refractivity contribution is -0.116. The molecule has 0 aromatic carbocycles. The summed E-state index contributed by atoms with van der Waals surface area (Å²) < 4.78 is 0.785. The second-order valence-corrected chi connectivity index (χ2v) is 5.29. The van der Waals surface area contributed by atoms with E-state index in [2.05, 4.69) is 31.5 Å². The number of hydrogen-bond donors (Lipinski definition) is 2. The predicted molar refractivity (Wildman–Crippen MR) is 71.2 cm³/mol. The standard InChI is InChI=1S/C11H13BrClN3O/c12-7-5-9(11(13)15-6-7)16-10(17)3-4-14-8-1-2-8/h5-6,8,14H,1-4H2,(H,16,17). The molecule has 1 fully saturated rings. The highest BCUT2D eigenvalue weighted by Gasteiger charge is 2.20. The van der Waals surface area contributed by atoms with Gasteiger partial charge in [0, 0.05) is 29.7 Å². The van der Waals surface area contributed by atoms with Crippen LogP contribution >= 0.6 is 27.5 Å². The molecule has 1 heterocycles. The largest absolute Gasteiger partial charge is 0.323 e. The van der Waals surface area contributed by atoms with Gasteiger partial charge in [0.05, 0.1) is 5.69 Å². The summed E-state index contributed by atoms with van der Waals surface area (Å²) in [5.41, 5.74) is 0.539. The van der Waals surface area contributed by atoms with E-state index in [9.17, 15) is 4.79 Å². The molecule has 0 spiro atoms. The molecule has 0 atom stereocenters. The van der Waals surface area contributed by atoms with Crippen molar-refractivity contribution < 1.29 is 4.79 Å². The summed E-state index contributed by atoms with van der Waals surface area (Å²) in [5, 5.41) is 6.32. The molecule has 1 aliphatic rings. The lowest BCUT2D eigenvalue weighted by Gasteiger charge is -2.07. The molecule has 1 aromatic heterocycles. The van der Waals surface area contributed by atoms with Gasteiger partial charge in [-0.1, -0.05) is 11.6 Å². The van der Waals surface area contributed by atoms with Crippen LogP contribution in [-0.2, 0) is 4.79 Å². The monoisotopic (exact) mass is 317 g/mol. The lowest BCUT2D eigenvalue weighted by atomic mass is 10.3. The van der Waals surface area contributed by atoms with Gasteiger partial charge in [-0.25, -0.2) is 4.98 Å². The maximum Gasteiger partial charge on any atom is 0.225 e. The van der Waals surface area contributed by atoms with Crippen molar-refractivity contribution in [2.45, 2.75) is 25.3 Å². The number of amides is 1. The van der Waals surface area contributed by atoms with Crippen molar-refractivity contribution in [3.63, 3.8) is 0 Å². The Balaban J connectivity index is 1.81. The molecule has 1 saturated carbocycles. The normalized spacial score (nSPS) is 14.7. The highest BCUT2D eigenvalue weighted by molar-refractivity contribution is 9.10. The summed E-state index contributed by atoms with van der Waals surface area (Å²) in [4.78, 5) is 15.6. The smallest absolute Gasteiger partial charge is 0.225 e. The Bertz CT molecular complexity index is 423. The number of hydrogen-bond acceptors (Lipinski definition) is 3. The molecule has 6 heteroatoms. The van der Waals surface area contributed by atoms with Crippen molar-refractivity contribution in [2.75, 3.05) is 11.9 Å². The van der Waals surface area contributed by atoms with E-state index < -0.39 is 0 Å². The first-order valence-electron chi connectivity index (χ1n) is 5.49. The minimum atomic E-state index is -0.0556. The molecular formula is C11H13BrClN3O. The molecule has 0 unspecified atom stereocenters. The van der Waals surface area contributed by atoms with Crippen molar-refractivity contribution in [3.8, 4) is 0 Å². The summed E-state index contributed by atoms with van der Waals surface area (Å²) in [6.07, 6.45) is 4.48. The van der Waals surface area contributed by atoms with Gasteiger partial charge in [-0.3, -0.25) is 4.79 Å². The number of anilines is 1. The molecule has 0 radical (unpaired) electrons. The minimum Gasteiger partial charge on any atom is -0.323 e. The van der Waals surface area contributed by atoms with Gasteiger partial charge in [0.15, 0.2) is 5.15 Å². The van der Waals surface area contributed by atoms with Gasteiger partial charge in [0.25, 0.3) is 0 Å². The average Bonchev–Trinajstić information content (AvgIpc) is 3.07. The third-order valence-electron chi connectivity index (χ3n) is 2.44. The van der Waals surface area contributed by atoms with Crippen LogP contribution in [0.15, 0.2) is 16.7 Å². The van der Waals surface area contributed by atoms with E-state index in [0.717, 1.165) is 4.47 Å². The third-order valence-corrected chi connectivity index (χ3v) is 3.18. The Morgan fingerprint density at radius 1 is 1.59 bits per heavy atom. The molecule has 2 rings (SSSR count). The van der Waals surface area contributed by atoms with Gasteiger partial charge >= 0.3 is 0 Å². The molecule has 0 bridgehead atoms. The van der Waals surface area contributed by atoms with E-state index in [1.165, 1.54) is 12.8 Å². The molecule has 17 heavy (non-hydrogen) atoms. The zero-order valence-corrected chi connectivity index (χ0v) is 11.5. The maximum atomic E-state index is 11.6. The number of aromatic nitrogens is 1. The molecule has 1 amide bonds. The summed E-state index contributed by atoms with van der Waals surface area (Å²) in [6.45, 7) is 0.704. The van der Waals surface area contributed by atoms with Gasteiger partial charge in [-0.15, -0.1) is 0 Å². The van der Waals surface area contributed by atoms with E-state index in [-0.39, 0.29) is 5.91 Å². The average molecular weight is 319 g/mol. The highest BCUT2D eigenvalue weighted by atomic mass is 79.9. The van der Waals surface area contributed by atoms with Crippen LogP contribution in [0.25, 0.3) is 0 Å². The SMILES string of the molecule is O=C(CCNC1CC1)Nc1cc(Br)cnc1Cl. The van der Waals surface area contributed by atoms with Crippen LogP contribution in [0.5, 0.6) is 0 Å². The van der Waals surface area contributed by atoms with Crippen molar-refractivity contribution in [2.24, 2.45) is 0 Å². The molecule has 4 nitrogen and oxygen atoms in total. The van der Waals surface area contributed by atoms with Gasteiger partial charge in [0.1, 0.15) is 0 Å². The quantitative estimate of drug-likeness (QED) is 0.821. The van der Waals surface area contributed by atoms with Gasteiger partial charge in [0.2, 0.25) is 5.91 Å². The third kappa shape index (κ3) is 4.26. The molecule has 0 aliphatic heterocycles. The zero-order chi connectivity index (χ0) is 12.3. The van der Waals surface area contributed by atoms with Gasteiger partial charge in [-0.2, -0.15) is 0 Å².